The van der Waals surface area contributed by atoms with Gasteiger partial charge in [0.15, 0.2) is 0 Å². The first-order valence-corrected chi connectivity index (χ1v) is 16.3. The van der Waals surface area contributed by atoms with Crippen LogP contribution in [0.25, 0.3) is 33.3 Å². The van der Waals surface area contributed by atoms with Crippen LogP contribution in [0, 0.1) is 13.3 Å². The van der Waals surface area contributed by atoms with E-state index in [1.54, 1.807) is 33.2 Å². The molecule has 1 aliphatic carbocycles. The molecule has 1 aliphatic rings. The van der Waals surface area contributed by atoms with E-state index in [1.807, 2.05) is 43.0 Å². The van der Waals surface area contributed by atoms with Gasteiger partial charge in [0.25, 0.3) is 5.56 Å². The van der Waals surface area contributed by atoms with Crippen LogP contribution in [0.4, 0.5) is 11.5 Å². The Morgan fingerprint density at radius 3 is 2.47 bits per heavy atom. The maximum Gasteiger partial charge on any atom is 2.00 e. The van der Waals surface area contributed by atoms with Crippen LogP contribution in [0.1, 0.15) is 42.1 Å². The third-order valence-corrected chi connectivity index (χ3v) is 9.52. The number of aromatic nitrogens is 4. The van der Waals surface area contributed by atoms with Crippen molar-refractivity contribution in [3.63, 3.8) is 0 Å². The molecule has 0 amide bonds. The molecule has 3 heterocycles. The zero-order chi connectivity index (χ0) is 34.1. The zero-order valence-electron chi connectivity index (χ0n) is 27.4. The van der Waals surface area contributed by atoms with Crippen molar-refractivity contribution in [2.75, 3.05) is 19.0 Å². The molecule has 1 unspecified atom stereocenters. The summed E-state index contributed by atoms with van der Waals surface area (Å²) in [4.78, 5) is 45.8. The van der Waals surface area contributed by atoms with Gasteiger partial charge in [-0.05, 0) is 43.5 Å². The van der Waals surface area contributed by atoms with Crippen LogP contribution in [0.5, 0.6) is 5.88 Å². The number of methoxy groups -OCH3 is 1. The minimum Gasteiger partial charge on any atom is -0.542 e. The molecule has 0 aliphatic heterocycles. The van der Waals surface area contributed by atoms with Crippen molar-refractivity contribution < 1.29 is 26.6 Å². The van der Waals surface area contributed by atoms with Gasteiger partial charge in [0.1, 0.15) is 11.2 Å². The van der Waals surface area contributed by atoms with Crippen LogP contribution in [0.3, 0.4) is 0 Å². The van der Waals surface area contributed by atoms with E-state index in [0.29, 0.717) is 74.8 Å². The van der Waals surface area contributed by atoms with E-state index in [9.17, 15) is 14.4 Å². The largest absolute Gasteiger partial charge is 2.00 e. The van der Waals surface area contributed by atoms with Crippen molar-refractivity contribution in [2.45, 2.75) is 38.6 Å². The second-order valence-electron chi connectivity index (χ2n) is 11.7. The number of nitrogens with one attached hydrogen (secondary N) is 2. The Hall–Kier alpha value is -3.99. The van der Waals surface area contributed by atoms with Gasteiger partial charge in [0, 0.05) is 48.1 Å². The van der Waals surface area contributed by atoms with Gasteiger partial charge in [-0.2, -0.15) is 6.42 Å². The SMILES string of the molecule is COc1nc(-c2cccc(-c3cccc(Nc4nc(C)cc5c4c(=O)n(C)c(=O)n5C)c3Cl)c2Cl)cc2c1C(NC[CH-]CC[C-]=O)CC2.[Mn+2]. The number of carbonyl (C=O) groups excluding carboxylic acids is 1. The van der Waals surface area contributed by atoms with E-state index in [0.717, 1.165) is 34.1 Å². The van der Waals surface area contributed by atoms with Gasteiger partial charge in [0.05, 0.1) is 34.1 Å². The van der Waals surface area contributed by atoms with Gasteiger partial charge in [0.2, 0.25) is 5.88 Å². The summed E-state index contributed by atoms with van der Waals surface area (Å²) in [6.07, 6.45) is 6.80. The molecule has 13 heteroatoms. The van der Waals surface area contributed by atoms with Gasteiger partial charge >= 0.3 is 22.8 Å². The number of ether oxygens (including phenoxy) is 1. The Labute approximate surface area is 304 Å². The van der Waals surface area contributed by atoms with Crippen LogP contribution in [-0.2, 0) is 42.4 Å². The fourth-order valence-electron chi connectivity index (χ4n) is 6.30. The number of benzene rings is 2. The molecule has 0 saturated heterocycles. The van der Waals surface area contributed by atoms with E-state index in [-0.39, 0.29) is 28.5 Å². The molecule has 2 aromatic carbocycles. The number of anilines is 2. The third kappa shape index (κ3) is 6.91. The van der Waals surface area contributed by atoms with Crippen molar-refractivity contribution in [1.29, 1.82) is 0 Å². The molecule has 3 aromatic heterocycles. The molecular formula is C36H34Cl2MnN6O4. The first-order chi connectivity index (χ1) is 23.1. The number of hydrogen-bond donors (Lipinski definition) is 2. The van der Waals surface area contributed by atoms with E-state index in [4.69, 9.17) is 32.9 Å². The number of unbranched alkanes of at least 4 members (excludes halogenated alkanes) is 2. The average molecular weight is 741 g/mol. The van der Waals surface area contributed by atoms with Gasteiger partial charge in [-0.3, -0.25) is 20.2 Å². The first kappa shape index (κ1) is 36.3. The van der Waals surface area contributed by atoms with Crippen molar-refractivity contribution in [3.05, 3.63) is 103 Å². The molecule has 1 radical (unpaired) electrons. The Kier molecular flexibility index (Phi) is 11.3. The smallest absolute Gasteiger partial charge is 0.542 e. The summed E-state index contributed by atoms with van der Waals surface area (Å²) in [5.74, 6) is 0.839. The molecule has 0 bridgehead atoms. The summed E-state index contributed by atoms with van der Waals surface area (Å²) in [6, 6.07) is 15.1. The Morgan fingerprint density at radius 2 is 1.73 bits per heavy atom. The van der Waals surface area contributed by atoms with Crippen LogP contribution in [-0.4, -0.2) is 39.0 Å². The van der Waals surface area contributed by atoms with Crippen LogP contribution in [0.15, 0.2) is 58.1 Å². The van der Waals surface area contributed by atoms with Gasteiger partial charge in [-0.1, -0.05) is 53.5 Å². The number of hydrogen-bond acceptors (Lipinski definition) is 8. The Balaban J connectivity index is 0.00000468. The van der Waals surface area contributed by atoms with Gasteiger partial charge in [-0.15, -0.1) is 6.54 Å². The van der Waals surface area contributed by atoms with Crippen molar-refractivity contribution in [3.8, 4) is 28.3 Å². The normalized spacial score (nSPS) is 13.6. The number of nitrogens with zero attached hydrogens (tertiary/aromatic N) is 4. The summed E-state index contributed by atoms with van der Waals surface area (Å²) < 4.78 is 8.26. The number of halogens is 2. The van der Waals surface area contributed by atoms with Crippen LogP contribution in [0.2, 0.25) is 10.0 Å². The van der Waals surface area contributed by atoms with E-state index in [1.165, 1.54) is 11.6 Å². The molecule has 0 saturated carbocycles. The summed E-state index contributed by atoms with van der Waals surface area (Å²) in [6.45, 7) is 2.47. The maximum atomic E-state index is 13.2. The van der Waals surface area contributed by atoms with E-state index >= 15 is 0 Å². The fourth-order valence-corrected chi connectivity index (χ4v) is 6.90. The molecule has 253 valence electrons. The minimum atomic E-state index is -0.461. The van der Waals surface area contributed by atoms with Crippen molar-refractivity contribution >= 4 is 51.9 Å². The van der Waals surface area contributed by atoms with Gasteiger partial charge in [-0.25, -0.2) is 21.2 Å². The summed E-state index contributed by atoms with van der Waals surface area (Å²) in [7, 11) is 4.68. The number of aryl methyl sites for hydroxylation is 3. The van der Waals surface area contributed by atoms with E-state index < -0.39 is 11.2 Å². The second kappa shape index (κ2) is 15.3. The van der Waals surface area contributed by atoms with Crippen molar-refractivity contribution in [2.24, 2.45) is 14.1 Å². The van der Waals surface area contributed by atoms with E-state index in [2.05, 4.69) is 21.7 Å². The summed E-state index contributed by atoms with van der Waals surface area (Å²) >= 11 is 14.2. The summed E-state index contributed by atoms with van der Waals surface area (Å²) in [5, 5.41) is 7.91. The molecule has 6 rings (SSSR count). The molecule has 2 N–H and O–H groups in total. The zero-order valence-corrected chi connectivity index (χ0v) is 30.1. The molecule has 1 atom stereocenters. The fraction of sp³-hybridized carbons (Fsp3) is 0.278. The molecular weight excluding hydrogens is 706 g/mol. The van der Waals surface area contributed by atoms with Crippen LogP contribution >= 0.6 is 23.2 Å². The molecule has 0 fully saturated rings. The molecule has 0 spiro atoms. The number of rotatable bonds is 11. The first-order valence-electron chi connectivity index (χ1n) is 15.5. The Morgan fingerprint density at radius 1 is 1.02 bits per heavy atom. The average Bonchev–Trinajstić information content (AvgIpc) is 3.49. The van der Waals surface area contributed by atoms with Crippen LogP contribution < -0.4 is 26.6 Å². The predicted octanol–water partition coefficient (Wildman–Crippen LogP) is 6.40. The second-order valence-corrected chi connectivity index (χ2v) is 12.5. The maximum absolute atomic E-state index is 13.2. The molecule has 49 heavy (non-hydrogen) atoms. The minimum absolute atomic E-state index is 0. The topological polar surface area (TPSA) is 120 Å². The quantitative estimate of drug-likeness (QED) is 0.0908. The predicted molar refractivity (Wildman–Crippen MR) is 190 cm³/mol. The summed E-state index contributed by atoms with van der Waals surface area (Å²) in [5.41, 5.74) is 5.70. The standard InChI is InChI=1S/C36H34Cl2N6O4.Mn/c1-20-18-28-30(35(46)44(3)36(47)43(28)2)33(40-20)41-26-13-9-11-23(32(26)38)22-10-8-12-24(31(22)37)27-19-21-14-15-25(29(21)34(42-27)48-4)39-16-6-5-7-17-45;/h6,8-13,18-19,25,39H,5,7,14-16H2,1-4H3,(H,40,41);/q-2;+2. The molecule has 5 aromatic rings. The number of pyridine rings is 2. The Bertz CT molecular complexity index is 2190. The van der Waals surface area contributed by atoms with Crippen molar-refractivity contribution in [1.82, 2.24) is 24.4 Å². The number of fused-ring (bicyclic) bond motifs is 2. The molecule has 10 nitrogen and oxygen atoms in total. The monoisotopic (exact) mass is 739 g/mol. The van der Waals surface area contributed by atoms with Gasteiger partial charge < -0.3 is 26.6 Å². The third-order valence-electron chi connectivity index (χ3n) is 8.71.